The van der Waals surface area contributed by atoms with Crippen molar-refractivity contribution in [2.24, 2.45) is 0 Å². The molecule has 0 aliphatic carbocycles. The summed E-state index contributed by atoms with van der Waals surface area (Å²) in [5.41, 5.74) is 5.23. The first-order valence-corrected chi connectivity index (χ1v) is 5.21. The van der Waals surface area contributed by atoms with Crippen LogP contribution < -0.4 is 5.73 Å². The van der Waals surface area contributed by atoms with E-state index in [9.17, 15) is 13.2 Å². The maximum absolute atomic E-state index is 12.4. The van der Waals surface area contributed by atoms with Crippen LogP contribution in [0.4, 0.5) is 18.9 Å². The lowest BCUT2D eigenvalue weighted by atomic mass is 10.3. The van der Waals surface area contributed by atoms with E-state index >= 15 is 0 Å². The summed E-state index contributed by atoms with van der Waals surface area (Å²) in [6.45, 7) is 0. The number of alkyl halides is 3. The molecule has 0 saturated heterocycles. The van der Waals surface area contributed by atoms with Crippen LogP contribution in [0.3, 0.4) is 0 Å². The minimum atomic E-state index is -4.47. The van der Waals surface area contributed by atoms with E-state index in [1.165, 1.54) is 18.6 Å². The van der Waals surface area contributed by atoms with Gasteiger partial charge in [0.2, 0.25) is 0 Å². The first kappa shape index (κ1) is 11.9. The summed E-state index contributed by atoms with van der Waals surface area (Å²) in [4.78, 5) is 3.79. The van der Waals surface area contributed by atoms with E-state index in [0.717, 1.165) is 10.7 Å². The Kier molecular flexibility index (Phi) is 2.82. The normalized spacial score (nSPS) is 11.8. The minimum absolute atomic E-state index is 0.233. The van der Waals surface area contributed by atoms with Crippen molar-refractivity contribution >= 4 is 21.6 Å². The fourth-order valence-corrected chi connectivity index (χ4v) is 1.81. The molecule has 17 heavy (non-hydrogen) atoms. The predicted molar refractivity (Wildman–Crippen MR) is 58.5 cm³/mol. The molecule has 0 spiro atoms. The number of hydrogen-bond donors (Lipinski definition) is 1. The number of nitrogens with zero attached hydrogens (tertiary/aromatic N) is 3. The van der Waals surface area contributed by atoms with Crippen molar-refractivity contribution < 1.29 is 13.2 Å². The van der Waals surface area contributed by atoms with Crippen molar-refractivity contribution in [3.8, 4) is 5.69 Å². The Hall–Kier alpha value is -1.57. The second kappa shape index (κ2) is 4.02. The summed E-state index contributed by atoms with van der Waals surface area (Å²) in [6.07, 6.45) is -0.505. The molecule has 4 nitrogen and oxygen atoms in total. The van der Waals surface area contributed by atoms with Gasteiger partial charge < -0.3 is 5.73 Å². The van der Waals surface area contributed by atoms with Gasteiger partial charge in [0.05, 0.1) is 16.4 Å². The average Bonchev–Trinajstić information content (AvgIpc) is 2.65. The van der Waals surface area contributed by atoms with Gasteiger partial charge >= 0.3 is 6.18 Å². The van der Waals surface area contributed by atoms with Crippen molar-refractivity contribution in [3.05, 3.63) is 34.8 Å². The highest BCUT2D eigenvalue weighted by atomic mass is 79.9. The van der Waals surface area contributed by atoms with Gasteiger partial charge in [0, 0.05) is 12.4 Å². The summed E-state index contributed by atoms with van der Waals surface area (Å²) in [5.74, 6) is 0. The maximum Gasteiger partial charge on any atom is 0.435 e. The Morgan fingerprint density at radius 1 is 1.29 bits per heavy atom. The third-order valence-electron chi connectivity index (χ3n) is 2.01. The van der Waals surface area contributed by atoms with Crippen molar-refractivity contribution in [1.82, 2.24) is 14.8 Å². The summed E-state index contributed by atoms with van der Waals surface area (Å²) < 4.78 is 38.7. The van der Waals surface area contributed by atoms with Gasteiger partial charge in [0.25, 0.3) is 0 Å². The molecule has 2 rings (SSSR count). The first-order valence-electron chi connectivity index (χ1n) is 4.42. The first-order chi connectivity index (χ1) is 7.89. The molecule has 0 bridgehead atoms. The molecule has 0 atom stereocenters. The zero-order chi connectivity index (χ0) is 12.6. The van der Waals surface area contributed by atoms with Gasteiger partial charge in [-0.3, -0.25) is 4.98 Å². The van der Waals surface area contributed by atoms with Crippen molar-refractivity contribution in [2.75, 3.05) is 5.73 Å². The van der Waals surface area contributed by atoms with Crippen LogP contribution in [0.1, 0.15) is 5.69 Å². The van der Waals surface area contributed by atoms with Gasteiger partial charge in [-0.15, -0.1) is 0 Å². The highest BCUT2D eigenvalue weighted by Crippen LogP contribution is 2.30. The van der Waals surface area contributed by atoms with Crippen LogP contribution in [0, 0.1) is 0 Å². The van der Waals surface area contributed by atoms with E-state index in [4.69, 9.17) is 5.73 Å². The second-order valence-corrected chi connectivity index (χ2v) is 4.06. The lowest BCUT2D eigenvalue weighted by Gasteiger charge is -2.07. The largest absolute Gasteiger partial charge is 0.435 e. The average molecular weight is 307 g/mol. The third-order valence-corrected chi connectivity index (χ3v) is 2.59. The topological polar surface area (TPSA) is 56.7 Å². The Morgan fingerprint density at radius 3 is 2.53 bits per heavy atom. The Balaban J connectivity index is 2.51. The monoisotopic (exact) mass is 306 g/mol. The highest BCUT2D eigenvalue weighted by molar-refractivity contribution is 9.10. The molecule has 0 unspecified atom stereocenters. The zero-order valence-corrected chi connectivity index (χ0v) is 9.83. The number of aromatic nitrogens is 3. The van der Waals surface area contributed by atoms with E-state index < -0.39 is 11.9 Å². The number of nitrogen functional groups attached to an aromatic ring is 1. The fraction of sp³-hybridized carbons (Fsp3) is 0.111. The Bertz CT molecular complexity index is 529. The molecular formula is C9H6BrF3N4. The number of halogens is 4. The molecular weight excluding hydrogens is 301 g/mol. The van der Waals surface area contributed by atoms with Gasteiger partial charge in [-0.05, 0) is 22.0 Å². The minimum Gasteiger partial charge on any atom is -0.396 e. The van der Waals surface area contributed by atoms with Crippen LogP contribution in [0.2, 0.25) is 0 Å². The molecule has 8 heteroatoms. The standard InChI is InChI=1S/C9H6BrF3N4/c10-5-3-15-4-6(14)8(5)17-2-1-7(16-17)9(11,12)13/h1-4H,14H2. The highest BCUT2D eigenvalue weighted by Gasteiger charge is 2.33. The lowest BCUT2D eigenvalue weighted by Crippen LogP contribution is -2.08. The van der Waals surface area contributed by atoms with Gasteiger partial charge in [-0.1, -0.05) is 0 Å². The van der Waals surface area contributed by atoms with Crippen LogP contribution in [-0.4, -0.2) is 14.8 Å². The van der Waals surface area contributed by atoms with E-state index in [-0.39, 0.29) is 5.69 Å². The van der Waals surface area contributed by atoms with E-state index in [1.807, 2.05) is 0 Å². The van der Waals surface area contributed by atoms with Crippen LogP contribution in [-0.2, 0) is 6.18 Å². The Morgan fingerprint density at radius 2 is 2.00 bits per heavy atom. The quantitative estimate of drug-likeness (QED) is 0.881. The molecule has 0 saturated carbocycles. The van der Waals surface area contributed by atoms with Gasteiger partial charge in [-0.2, -0.15) is 18.3 Å². The fourth-order valence-electron chi connectivity index (χ4n) is 1.28. The number of rotatable bonds is 1. The smallest absolute Gasteiger partial charge is 0.396 e. The van der Waals surface area contributed by atoms with Gasteiger partial charge in [-0.25, -0.2) is 4.68 Å². The molecule has 2 aromatic heterocycles. The molecule has 0 aliphatic heterocycles. The molecule has 0 amide bonds. The number of nitrogens with two attached hydrogens (primary N) is 1. The van der Waals surface area contributed by atoms with Crippen LogP contribution >= 0.6 is 15.9 Å². The molecule has 2 aromatic rings. The SMILES string of the molecule is Nc1cncc(Br)c1-n1ccc(C(F)(F)F)n1. The van der Waals surface area contributed by atoms with E-state index in [2.05, 4.69) is 26.0 Å². The zero-order valence-electron chi connectivity index (χ0n) is 8.24. The summed E-state index contributed by atoms with van der Waals surface area (Å²) in [6, 6.07) is 0.881. The molecule has 0 aromatic carbocycles. The Labute approximate surface area is 102 Å². The van der Waals surface area contributed by atoms with E-state index in [0.29, 0.717) is 10.2 Å². The van der Waals surface area contributed by atoms with Gasteiger partial charge in [0.15, 0.2) is 5.69 Å². The molecule has 0 fully saturated rings. The second-order valence-electron chi connectivity index (χ2n) is 3.20. The summed E-state index contributed by atoms with van der Waals surface area (Å²) in [5, 5.41) is 3.43. The number of anilines is 1. The molecule has 0 radical (unpaired) electrons. The van der Waals surface area contributed by atoms with Crippen molar-refractivity contribution in [2.45, 2.75) is 6.18 Å². The van der Waals surface area contributed by atoms with Crippen molar-refractivity contribution in [1.29, 1.82) is 0 Å². The number of hydrogen-bond acceptors (Lipinski definition) is 3. The molecule has 0 aliphatic rings. The van der Waals surface area contributed by atoms with Crippen LogP contribution in [0.5, 0.6) is 0 Å². The molecule has 90 valence electrons. The van der Waals surface area contributed by atoms with Gasteiger partial charge in [0.1, 0.15) is 5.69 Å². The maximum atomic E-state index is 12.4. The predicted octanol–water partition coefficient (Wildman–Crippen LogP) is 2.63. The van der Waals surface area contributed by atoms with Crippen LogP contribution in [0.25, 0.3) is 5.69 Å². The van der Waals surface area contributed by atoms with Crippen molar-refractivity contribution in [3.63, 3.8) is 0 Å². The van der Waals surface area contributed by atoms with E-state index in [1.54, 1.807) is 0 Å². The summed E-state index contributed by atoms with van der Waals surface area (Å²) in [7, 11) is 0. The molecule has 2 N–H and O–H groups in total. The van der Waals surface area contributed by atoms with Crippen LogP contribution in [0.15, 0.2) is 29.1 Å². The molecule has 2 heterocycles. The summed E-state index contributed by atoms with van der Waals surface area (Å²) >= 11 is 3.16. The number of pyridine rings is 1. The lowest BCUT2D eigenvalue weighted by molar-refractivity contribution is -0.141. The third kappa shape index (κ3) is 2.26.